The number of thioether (sulfide) groups is 2. The zero-order valence-electron chi connectivity index (χ0n) is 12.4. The molecule has 23 heavy (non-hydrogen) atoms. The van der Waals surface area contributed by atoms with Crippen molar-refractivity contribution in [3.63, 3.8) is 0 Å². The van der Waals surface area contributed by atoms with Crippen LogP contribution in [0, 0.1) is 11.3 Å². The molecule has 0 fully saturated rings. The summed E-state index contributed by atoms with van der Waals surface area (Å²) in [5.41, 5.74) is 6.17. The maximum atomic E-state index is 12.1. The van der Waals surface area contributed by atoms with Crippen molar-refractivity contribution < 1.29 is 4.79 Å². The van der Waals surface area contributed by atoms with Gasteiger partial charge in [0.1, 0.15) is 0 Å². The Balaban J connectivity index is 1.93. The van der Waals surface area contributed by atoms with Crippen molar-refractivity contribution in [2.24, 2.45) is 0 Å². The number of aromatic amines is 1. The molecular weight excluding hydrogens is 332 g/mol. The Kier molecular flexibility index (Phi) is 6.31. The summed E-state index contributed by atoms with van der Waals surface area (Å²) in [6, 6.07) is 9.68. The van der Waals surface area contributed by atoms with Crippen LogP contribution in [0.2, 0.25) is 0 Å². The maximum Gasteiger partial charge on any atom is 0.234 e. The summed E-state index contributed by atoms with van der Waals surface area (Å²) in [5, 5.41) is 18.6. The second-order valence-corrected chi connectivity index (χ2v) is 7.05. The third-order valence-corrected chi connectivity index (χ3v) is 4.71. The molecule has 7 nitrogen and oxygen atoms in total. The quantitative estimate of drug-likeness (QED) is 0.657. The van der Waals surface area contributed by atoms with E-state index in [0.29, 0.717) is 11.6 Å². The highest BCUT2D eigenvalue weighted by molar-refractivity contribution is 8.00. The highest BCUT2D eigenvalue weighted by Gasteiger charge is 2.11. The molecule has 9 heteroatoms. The van der Waals surface area contributed by atoms with Crippen molar-refractivity contribution in [1.29, 1.82) is 5.26 Å². The zero-order chi connectivity index (χ0) is 16.7. The van der Waals surface area contributed by atoms with Gasteiger partial charge in [0.05, 0.1) is 17.5 Å². The van der Waals surface area contributed by atoms with Gasteiger partial charge in [0.15, 0.2) is 0 Å². The molecule has 0 aliphatic rings. The van der Waals surface area contributed by atoms with Gasteiger partial charge >= 0.3 is 0 Å². The number of nitrogen functional groups attached to an aromatic ring is 1. The fourth-order valence-electron chi connectivity index (χ4n) is 1.70. The fraction of sp³-hybridized carbons (Fsp3) is 0.286. The summed E-state index contributed by atoms with van der Waals surface area (Å²) < 4.78 is 0. The Hall–Kier alpha value is -2.18. The molecule has 120 valence electrons. The monoisotopic (exact) mass is 348 g/mol. The number of nitrogens with two attached hydrogens (primary N) is 1. The first kappa shape index (κ1) is 17.2. The van der Waals surface area contributed by atoms with E-state index >= 15 is 0 Å². The van der Waals surface area contributed by atoms with Crippen LogP contribution < -0.4 is 11.1 Å². The van der Waals surface area contributed by atoms with Crippen LogP contribution in [0.25, 0.3) is 0 Å². The third kappa shape index (κ3) is 5.50. The van der Waals surface area contributed by atoms with E-state index in [1.807, 2.05) is 31.2 Å². The van der Waals surface area contributed by atoms with E-state index in [0.717, 1.165) is 10.6 Å². The van der Waals surface area contributed by atoms with Crippen molar-refractivity contribution in [2.75, 3.05) is 16.8 Å². The molecule has 1 aromatic heterocycles. The number of benzene rings is 1. The average Bonchev–Trinajstić information content (AvgIpc) is 2.93. The smallest absolute Gasteiger partial charge is 0.234 e. The number of para-hydroxylation sites is 1. The van der Waals surface area contributed by atoms with Gasteiger partial charge < -0.3 is 11.1 Å². The van der Waals surface area contributed by atoms with Crippen LogP contribution >= 0.6 is 23.5 Å². The van der Waals surface area contributed by atoms with E-state index in [1.165, 1.54) is 11.8 Å². The van der Waals surface area contributed by atoms with Crippen LogP contribution in [0.1, 0.15) is 13.3 Å². The minimum atomic E-state index is -0.153. The topological polar surface area (TPSA) is 120 Å². The molecule has 4 N–H and O–H groups in total. The van der Waals surface area contributed by atoms with Crippen molar-refractivity contribution in [3.8, 4) is 6.07 Å². The fourth-order valence-corrected chi connectivity index (χ4v) is 3.30. The Bertz CT molecular complexity index is 711. The number of hydrogen-bond acceptors (Lipinski definition) is 7. The van der Waals surface area contributed by atoms with Crippen LogP contribution in [0.15, 0.2) is 34.3 Å². The van der Waals surface area contributed by atoms with E-state index in [9.17, 15) is 4.79 Å². The molecule has 0 radical (unpaired) electrons. The second kappa shape index (κ2) is 8.45. The average molecular weight is 348 g/mol. The number of nitrogens with one attached hydrogen (secondary N) is 2. The summed E-state index contributed by atoms with van der Waals surface area (Å²) in [6.45, 7) is 1.98. The van der Waals surface area contributed by atoms with E-state index in [4.69, 9.17) is 11.0 Å². The van der Waals surface area contributed by atoms with E-state index in [2.05, 4.69) is 26.6 Å². The standard InChI is InChI=1S/C14H16N6OS2/c1-9(6-7-15)23-11-5-3-2-4-10(11)17-12(21)8-22-14-18-13(16)19-20-14/h2-5,9H,6,8H2,1H3,(H,17,21)(H3,16,18,19,20). The molecule has 0 spiro atoms. The van der Waals surface area contributed by atoms with Gasteiger partial charge in [0.25, 0.3) is 0 Å². The summed E-state index contributed by atoms with van der Waals surface area (Å²) in [5.74, 6) is 0.254. The number of anilines is 2. The van der Waals surface area contributed by atoms with E-state index in [1.54, 1.807) is 11.8 Å². The van der Waals surface area contributed by atoms with E-state index in [-0.39, 0.29) is 22.9 Å². The van der Waals surface area contributed by atoms with Crippen LogP contribution in [-0.4, -0.2) is 32.1 Å². The van der Waals surface area contributed by atoms with Gasteiger partial charge in [-0.1, -0.05) is 30.8 Å². The number of carbonyl (C=O) groups excluding carboxylic acids is 1. The predicted molar refractivity (Wildman–Crippen MR) is 92.1 cm³/mol. The van der Waals surface area contributed by atoms with Gasteiger partial charge in [0, 0.05) is 16.6 Å². The molecule has 0 aliphatic carbocycles. The van der Waals surface area contributed by atoms with Gasteiger partial charge in [-0.05, 0) is 12.1 Å². The number of H-pyrrole nitrogens is 1. The van der Waals surface area contributed by atoms with Crippen molar-refractivity contribution >= 4 is 41.1 Å². The SMILES string of the molecule is CC(CC#N)Sc1ccccc1NC(=O)CSc1n[nH]c(N)n1. The molecule has 0 aliphatic heterocycles. The molecule has 1 atom stereocenters. The Morgan fingerprint density at radius 3 is 3.00 bits per heavy atom. The number of hydrogen-bond donors (Lipinski definition) is 3. The van der Waals surface area contributed by atoms with E-state index < -0.39 is 0 Å². The molecule has 0 bridgehead atoms. The number of nitriles is 1. The van der Waals surface area contributed by atoms with Crippen molar-refractivity contribution in [1.82, 2.24) is 15.2 Å². The highest BCUT2D eigenvalue weighted by atomic mass is 32.2. The largest absolute Gasteiger partial charge is 0.368 e. The molecule has 1 amide bonds. The number of nitrogens with zero attached hydrogens (tertiary/aromatic N) is 3. The minimum Gasteiger partial charge on any atom is -0.368 e. The molecule has 1 aromatic carbocycles. The van der Waals surface area contributed by atoms with Gasteiger partial charge in [-0.3, -0.25) is 4.79 Å². The van der Waals surface area contributed by atoms with Crippen LogP contribution in [0.5, 0.6) is 0 Å². The number of amides is 1. The molecule has 0 saturated heterocycles. The van der Waals surface area contributed by atoms with Crippen LogP contribution in [0.4, 0.5) is 11.6 Å². The lowest BCUT2D eigenvalue weighted by atomic mass is 10.3. The molecular formula is C14H16N6OS2. The lowest BCUT2D eigenvalue weighted by Crippen LogP contribution is -2.15. The molecule has 0 saturated carbocycles. The molecule has 1 heterocycles. The van der Waals surface area contributed by atoms with Crippen molar-refractivity contribution in [3.05, 3.63) is 24.3 Å². The normalized spacial score (nSPS) is 11.7. The number of rotatable bonds is 7. The maximum absolute atomic E-state index is 12.1. The number of aromatic nitrogens is 3. The summed E-state index contributed by atoms with van der Waals surface area (Å²) >= 11 is 2.77. The van der Waals surface area contributed by atoms with Gasteiger partial charge in [-0.15, -0.1) is 16.9 Å². The second-order valence-electron chi connectivity index (χ2n) is 4.63. The summed E-state index contributed by atoms with van der Waals surface area (Å²) in [7, 11) is 0. The summed E-state index contributed by atoms with van der Waals surface area (Å²) in [6.07, 6.45) is 0.453. The Morgan fingerprint density at radius 1 is 1.52 bits per heavy atom. The van der Waals surface area contributed by atoms with Crippen LogP contribution in [-0.2, 0) is 4.79 Å². The Labute approximate surface area is 142 Å². The highest BCUT2D eigenvalue weighted by Crippen LogP contribution is 2.31. The van der Waals surface area contributed by atoms with Crippen LogP contribution in [0.3, 0.4) is 0 Å². The number of carbonyl (C=O) groups is 1. The van der Waals surface area contributed by atoms with Crippen molar-refractivity contribution in [2.45, 2.75) is 28.6 Å². The lowest BCUT2D eigenvalue weighted by molar-refractivity contribution is -0.113. The van der Waals surface area contributed by atoms with Gasteiger partial charge in [-0.25, -0.2) is 5.10 Å². The molecule has 1 unspecified atom stereocenters. The first-order valence-corrected chi connectivity index (χ1v) is 8.68. The molecule has 2 rings (SSSR count). The minimum absolute atomic E-state index is 0.153. The first-order chi connectivity index (χ1) is 11.1. The molecule has 2 aromatic rings. The first-order valence-electron chi connectivity index (χ1n) is 6.81. The zero-order valence-corrected chi connectivity index (χ0v) is 14.1. The Morgan fingerprint density at radius 2 is 2.30 bits per heavy atom. The van der Waals surface area contributed by atoms with Gasteiger partial charge in [-0.2, -0.15) is 10.2 Å². The summed E-state index contributed by atoms with van der Waals surface area (Å²) in [4.78, 5) is 16.9. The van der Waals surface area contributed by atoms with Gasteiger partial charge in [0.2, 0.25) is 17.0 Å². The predicted octanol–water partition coefficient (Wildman–Crippen LogP) is 2.51. The lowest BCUT2D eigenvalue weighted by Gasteiger charge is -2.13. The third-order valence-electron chi connectivity index (χ3n) is 2.68.